The number of allylic oxidation sites excluding steroid dienone is 1. The molecule has 1 fully saturated rings. The lowest BCUT2D eigenvalue weighted by Gasteiger charge is -2.43. The number of hydrogen-bond acceptors (Lipinski definition) is 13. The molecule has 2 N–H and O–H groups in total. The van der Waals surface area contributed by atoms with E-state index in [1.807, 2.05) is 0 Å². The summed E-state index contributed by atoms with van der Waals surface area (Å²) in [6, 6.07) is 0. The summed E-state index contributed by atoms with van der Waals surface area (Å²) in [4.78, 5) is 79.6. The SMILES string of the molecule is C=C1[C@H](O)[C@@H]2[C@@H](OC(=O)C(C)CC)[C@](C)(OC(=O)C(C)CC)C[C@]2(O)C(=O)[C@@H](C)/C=C/C(C)(C)[C@H](OC(C)=O)[C@H](OC(C)=O)[C@H]1OC(=O)C(C)C. The third-order valence-electron chi connectivity index (χ3n) is 10.1. The first kappa shape index (κ1) is 43.6. The Morgan fingerprint density at radius 1 is 0.863 bits per heavy atom. The predicted octanol–water partition coefficient (Wildman–Crippen LogP) is 4.19. The van der Waals surface area contributed by atoms with E-state index in [-0.39, 0.29) is 5.57 Å². The number of aliphatic hydroxyl groups is 2. The van der Waals surface area contributed by atoms with Gasteiger partial charge in [0, 0.05) is 31.6 Å². The average molecular weight is 723 g/mol. The van der Waals surface area contributed by atoms with E-state index in [1.165, 1.54) is 19.9 Å². The van der Waals surface area contributed by atoms with Gasteiger partial charge in [-0.1, -0.05) is 81.0 Å². The summed E-state index contributed by atoms with van der Waals surface area (Å²) in [7, 11) is 0. The van der Waals surface area contributed by atoms with E-state index in [2.05, 4.69) is 6.58 Å². The van der Waals surface area contributed by atoms with Gasteiger partial charge in [-0.2, -0.15) is 0 Å². The van der Waals surface area contributed by atoms with Crippen LogP contribution in [0.3, 0.4) is 0 Å². The van der Waals surface area contributed by atoms with Gasteiger partial charge >= 0.3 is 29.8 Å². The number of aliphatic hydroxyl groups excluding tert-OH is 1. The molecule has 0 aromatic carbocycles. The highest BCUT2D eigenvalue weighted by atomic mass is 16.6. The molecular formula is C38H58O13. The largest absolute Gasteiger partial charge is 0.458 e. The molecule has 51 heavy (non-hydrogen) atoms. The Morgan fingerprint density at radius 3 is 1.88 bits per heavy atom. The van der Waals surface area contributed by atoms with E-state index >= 15 is 0 Å². The maximum Gasteiger partial charge on any atom is 0.309 e. The number of ether oxygens (including phenoxy) is 5. The average Bonchev–Trinajstić information content (AvgIpc) is 3.26. The highest BCUT2D eigenvalue weighted by molar-refractivity contribution is 5.92. The molecular weight excluding hydrogens is 664 g/mol. The van der Waals surface area contributed by atoms with Crippen LogP contribution in [-0.2, 0) is 52.5 Å². The summed E-state index contributed by atoms with van der Waals surface area (Å²) in [6.07, 6.45) is -5.14. The molecule has 0 radical (unpaired) electrons. The molecule has 11 atom stereocenters. The lowest BCUT2D eigenvalue weighted by atomic mass is 9.72. The number of esters is 5. The Morgan fingerprint density at radius 2 is 1.39 bits per heavy atom. The first-order chi connectivity index (χ1) is 23.4. The van der Waals surface area contributed by atoms with Gasteiger partial charge in [0.2, 0.25) is 0 Å². The maximum atomic E-state index is 14.5. The molecule has 1 saturated carbocycles. The standard InChI is InChI=1S/C38H58O13/c1-14-20(5)34(44)50-31-26-27(41)23(8)28(49-33(43)19(3)4)29(47-24(9)39)32(48-25(10)40)36(11,12)17-16-22(7)30(42)38(26,46)18-37(31,13)51-35(45)21(6)15-2/h16-17,19-22,26-29,31-32,41,46H,8,14-15,18H2,1-7,9-13H3/b17-16+/t20?,21?,22-,26+,27-,28-,29+,31+,32+,37+,38+/m0/s1. The van der Waals surface area contributed by atoms with Crippen LogP contribution < -0.4 is 0 Å². The van der Waals surface area contributed by atoms with E-state index in [0.29, 0.717) is 12.8 Å². The Kier molecular flexibility index (Phi) is 14.4. The fourth-order valence-electron chi connectivity index (χ4n) is 6.54. The summed E-state index contributed by atoms with van der Waals surface area (Å²) in [5.41, 5.74) is -5.94. The fourth-order valence-corrected chi connectivity index (χ4v) is 6.54. The normalized spacial score (nSPS) is 34.1. The van der Waals surface area contributed by atoms with Crippen molar-refractivity contribution in [3.05, 3.63) is 24.3 Å². The van der Waals surface area contributed by atoms with Gasteiger partial charge in [-0.3, -0.25) is 28.8 Å². The van der Waals surface area contributed by atoms with Crippen molar-refractivity contribution in [2.24, 2.45) is 35.0 Å². The number of ketones is 1. The summed E-state index contributed by atoms with van der Waals surface area (Å²) >= 11 is 0. The Labute approximate surface area is 301 Å². The van der Waals surface area contributed by atoms with Crippen molar-refractivity contribution in [3.8, 4) is 0 Å². The molecule has 2 rings (SSSR count). The number of fused-ring (bicyclic) bond motifs is 1. The topological polar surface area (TPSA) is 189 Å². The van der Waals surface area contributed by atoms with Crippen molar-refractivity contribution >= 4 is 35.6 Å². The van der Waals surface area contributed by atoms with Crippen LogP contribution in [0.1, 0.15) is 102 Å². The van der Waals surface area contributed by atoms with Gasteiger partial charge in [0.05, 0.1) is 29.8 Å². The van der Waals surface area contributed by atoms with Crippen molar-refractivity contribution < 1.29 is 62.7 Å². The first-order valence-corrected chi connectivity index (χ1v) is 17.7. The van der Waals surface area contributed by atoms with Crippen molar-refractivity contribution in [2.75, 3.05) is 0 Å². The molecule has 0 saturated heterocycles. The Hall–Kier alpha value is -3.58. The maximum absolute atomic E-state index is 14.5. The highest BCUT2D eigenvalue weighted by Gasteiger charge is 2.69. The van der Waals surface area contributed by atoms with Crippen LogP contribution in [0.25, 0.3) is 0 Å². The quantitative estimate of drug-likeness (QED) is 0.186. The second-order valence-corrected chi connectivity index (χ2v) is 15.3. The van der Waals surface area contributed by atoms with Crippen molar-refractivity contribution in [1.29, 1.82) is 0 Å². The molecule has 2 aliphatic rings. The smallest absolute Gasteiger partial charge is 0.309 e. The Balaban J connectivity index is 3.07. The van der Waals surface area contributed by atoms with Gasteiger partial charge in [0.25, 0.3) is 0 Å². The molecule has 0 spiro atoms. The van der Waals surface area contributed by atoms with Crippen molar-refractivity contribution in [1.82, 2.24) is 0 Å². The molecule has 288 valence electrons. The highest BCUT2D eigenvalue weighted by Crippen LogP contribution is 2.52. The second-order valence-electron chi connectivity index (χ2n) is 15.3. The number of Topliss-reactive ketones (excluding diaryl/α,β-unsaturated/α-hetero) is 1. The first-order valence-electron chi connectivity index (χ1n) is 17.7. The van der Waals surface area contributed by atoms with Crippen molar-refractivity contribution in [3.63, 3.8) is 0 Å². The van der Waals surface area contributed by atoms with Gasteiger partial charge < -0.3 is 33.9 Å². The summed E-state index contributed by atoms with van der Waals surface area (Å²) < 4.78 is 29.3. The van der Waals surface area contributed by atoms with Gasteiger partial charge in [-0.15, -0.1) is 0 Å². The van der Waals surface area contributed by atoms with Gasteiger partial charge in [-0.25, -0.2) is 0 Å². The van der Waals surface area contributed by atoms with E-state index in [9.17, 15) is 39.0 Å². The second kappa shape index (κ2) is 16.8. The fraction of sp³-hybridized carbons (Fsp3) is 0.737. The number of carbonyl (C=O) groups is 6. The van der Waals surface area contributed by atoms with Crippen LogP contribution in [0.5, 0.6) is 0 Å². The molecule has 0 aliphatic heterocycles. The Bertz CT molecular complexity index is 1380. The molecule has 0 amide bonds. The van der Waals surface area contributed by atoms with Crippen LogP contribution in [0.15, 0.2) is 24.3 Å². The zero-order chi connectivity index (χ0) is 39.4. The summed E-state index contributed by atoms with van der Waals surface area (Å²) in [6.45, 7) is 22.4. The monoisotopic (exact) mass is 722 g/mol. The van der Waals surface area contributed by atoms with Crippen LogP contribution in [0.4, 0.5) is 0 Å². The lowest BCUT2D eigenvalue weighted by Crippen LogP contribution is -2.57. The zero-order valence-electron chi connectivity index (χ0n) is 32.1. The van der Waals surface area contributed by atoms with Crippen LogP contribution in [-0.4, -0.2) is 87.6 Å². The number of carbonyl (C=O) groups excluding carboxylic acids is 6. The molecule has 0 aromatic heterocycles. The molecule has 13 nitrogen and oxygen atoms in total. The lowest BCUT2D eigenvalue weighted by molar-refractivity contribution is -0.194. The number of hydrogen-bond donors (Lipinski definition) is 2. The van der Waals surface area contributed by atoms with Crippen LogP contribution in [0.2, 0.25) is 0 Å². The van der Waals surface area contributed by atoms with Crippen LogP contribution in [0, 0.1) is 35.0 Å². The van der Waals surface area contributed by atoms with Gasteiger partial charge in [0.1, 0.15) is 11.2 Å². The molecule has 0 aromatic rings. The minimum atomic E-state index is -2.51. The molecule has 13 heteroatoms. The minimum Gasteiger partial charge on any atom is -0.458 e. The third-order valence-corrected chi connectivity index (χ3v) is 10.1. The van der Waals surface area contributed by atoms with Gasteiger partial charge in [-0.05, 0) is 25.3 Å². The minimum absolute atomic E-state index is 0.362. The molecule has 0 bridgehead atoms. The molecule has 0 heterocycles. The van der Waals surface area contributed by atoms with E-state index in [0.717, 1.165) is 13.8 Å². The number of rotatable bonds is 10. The van der Waals surface area contributed by atoms with E-state index < -0.39 is 119 Å². The van der Waals surface area contributed by atoms with Gasteiger partial charge in [0.15, 0.2) is 30.2 Å². The van der Waals surface area contributed by atoms with E-state index in [4.69, 9.17) is 23.7 Å². The molecule has 2 aliphatic carbocycles. The van der Waals surface area contributed by atoms with Crippen LogP contribution >= 0.6 is 0 Å². The molecule has 2 unspecified atom stereocenters. The van der Waals surface area contributed by atoms with Crippen molar-refractivity contribution in [2.45, 2.75) is 144 Å². The zero-order valence-corrected chi connectivity index (χ0v) is 32.1. The van der Waals surface area contributed by atoms with E-state index in [1.54, 1.807) is 61.5 Å². The third kappa shape index (κ3) is 9.65. The predicted molar refractivity (Wildman–Crippen MR) is 184 cm³/mol. The summed E-state index contributed by atoms with van der Waals surface area (Å²) in [5.74, 6) is -9.41. The summed E-state index contributed by atoms with van der Waals surface area (Å²) in [5, 5.41) is 25.0.